The number of halogens is 1. The normalized spacial score (nSPS) is 12.3. The summed E-state index contributed by atoms with van der Waals surface area (Å²) in [6.45, 7) is -0.0363. The van der Waals surface area contributed by atoms with Crippen molar-refractivity contribution < 1.29 is 17.9 Å². The number of nitrogens with zero attached hydrogens (tertiary/aromatic N) is 1. The highest BCUT2D eigenvalue weighted by Crippen LogP contribution is 2.30. The maximum Gasteiger partial charge on any atom is 0.221 e. The third-order valence-corrected chi connectivity index (χ3v) is 6.66. The predicted molar refractivity (Wildman–Crippen MR) is 112 cm³/mol. The lowest BCUT2D eigenvalue weighted by Crippen LogP contribution is -2.32. The average molecular weight is 425 g/mol. The molecule has 0 heterocycles. The lowest BCUT2D eigenvalue weighted by molar-refractivity contribution is -0.120. The van der Waals surface area contributed by atoms with E-state index in [9.17, 15) is 13.2 Å². The number of anilines is 1. The monoisotopic (exact) mass is 424 g/mol. The van der Waals surface area contributed by atoms with Crippen molar-refractivity contribution in [2.75, 3.05) is 38.5 Å². The van der Waals surface area contributed by atoms with Crippen LogP contribution in [0.25, 0.3) is 0 Å². The molecule has 1 amide bonds. The van der Waals surface area contributed by atoms with Crippen molar-refractivity contribution >= 4 is 33.0 Å². The first-order valence-corrected chi connectivity index (χ1v) is 10.9. The third-order valence-electron chi connectivity index (χ3n) is 4.35. The lowest BCUT2D eigenvalue weighted by Gasteiger charge is -2.20. The van der Waals surface area contributed by atoms with Gasteiger partial charge in [0.05, 0.1) is 12.0 Å². The smallest absolute Gasteiger partial charge is 0.221 e. The van der Waals surface area contributed by atoms with E-state index in [1.165, 1.54) is 19.2 Å². The van der Waals surface area contributed by atoms with E-state index in [1.807, 2.05) is 31.1 Å². The summed E-state index contributed by atoms with van der Waals surface area (Å²) in [5.74, 6) is 0.468. The fraction of sp³-hybridized carbons (Fsp3) is 0.350. The number of methoxy groups -OCH3 is 1. The van der Waals surface area contributed by atoms with Gasteiger partial charge < -0.3 is 15.0 Å². The van der Waals surface area contributed by atoms with Gasteiger partial charge in [-0.1, -0.05) is 12.1 Å². The maximum absolute atomic E-state index is 13.3. The zero-order chi connectivity index (χ0) is 20.7. The van der Waals surface area contributed by atoms with E-state index in [4.69, 9.17) is 16.3 Å². The highest BCUT2D eigenvalue weighted by atomic mass is 35.5. The number of carbonyl (C=O) groups is 1. The van der Waals surface area contributed by atoms with Gasteiger partial charge in [-0.05, 0) is 42.0 Å². The van der Waals surface area contributed by atoms with Crippen LogP contribution in [0.3, 0.4) is 0 Å². The van der Waals surface area contributed by atoms with Gasteiger partial charge >= 0.3 is 0 Å². The Morgan fingerprint density at radius 2 is 1.71 bits per heavy atom. The van der Waals surface area contributed by atoms with Crippen LogP contribution >= 0.6 is 11.6 Å². The second-order valence-corrected chi connectivity index (χ2v) is 8.95. The van der Waals surface area contributed by atoms with E-state index in [1.54, 1.807) is 24.3 Å². The number of alkyl halides is 1. The van der Waals surface area contributed by atoms with Crippen LogP contribution in [0.1, 0.15) is 17.2 Å². The van der Waals surface area contributed by atoms with Gasteiger partial charge in [-0.3, -0.25) is 4.79 Å². The summed E-state index contributed by atoms with van der Waals surface area (Å²) in [6, 6.07) is 13.5. The number of carbonyl (C=O) groups excluding carboxylic acids is 1. The Kier molecular flexibility index (Phi) is 7.71. The largest absolute Gasteiger partial charge is 0.497 e. The SMILES string of the molecule is COc1ccc(S(=O)(=O)[C@@H](CNC(=O)CCCl)c2ccc(N(C)C)cc2)cc1. The molecule has 0 aromatic heterocycles. The molecule has 0 radical (unpaired) electrons. The van der Waals surface area contributed by atoms with Crippen molar-refractivity contribution in [2.45, 2.75) is 16.6 Å². The van der Waals surface area contributed by atoms with Gasteiger partial charge in [0, 0.05) is 38.6 Å². The van der Waals surface area contributed by atoms with Crippen LogP contribution in [0.4, 0.5) is 5.69 Å². The fourth-order valence-corrected chi connectivity index (χ4v) is 4.54. The van der Waals surface area contributed by atoms with Crippen molar-refractivity contribution in [1.29, 1.82) is 0 Å². The molecule has 2 aromatic carbocycles. The average Bonchev–Trinajstić information content (AvgIpc) is 2.68. The summed E-state index contributed by atoms with van der Waals surface area (Å²) < 4.78 is 31.7. The van der Waals surface area contributed by atoms with Gasteiger partial charge in [0.1, 0.15) is 11.0 Å². The standard InChI is InChI=1S/C20H25ClN2O4S/c1-23(2)16-6-4-15(5-7-16)19(14-22-20(24)12-13-21)28(25,26)18-10-8-17(27-3)9-11-18/h4-11,19H,12-14H2,1-3H3,(H,22,24)/t19-/m0/s1. The minimum Gasteiger partial charge on any atom is -0.497 e. The van der Waals surface area contributed by atoms with Crippen LogP contribution in [0.5, 0.6) is 5.75 Å². The Labute approximate surface area is 171 Å². The number of benzene rings is 2. The number of rotatable bonds is 9. The van der Waals surface area contributed by atoms with Crippen molar-refractivity contribution in [3.05, 3.63) is 54.1 Å². The van der Waals surface area contributed by atoms with E-state index in [2.05, 4.69) is 5.32 Å². The van der Waals surface area contributed by atoms with Crippen LogP contribution in [-0.2, 0) is 14.6 Å². The quantitative estimate of drug-likeness (QED) is 0.626. The number of hydrogen-bond acceptors (Lipinski definition) is 5. The number of hydrogen-bond donors (Lipinski definition) is 1. The maximum atomic E-state index is 13.3. The van der Waals surface area contributed by atoms with Gasteiger partial charge in [-0.15, -0.1) is 11.6 Å². The Morgan fingerprint density at radius 1 is 1.11 bits per heavy atom. The molecule has 0 fully saturated rings. The molecule has 0 unspecified atom stereocenters. The van der Waals surface area contributed by atoms with Crippen LogP contribution in [0, 0.1) is 0 Å². The van der Waals surface area contributed by atoms with Crippen LogP contribution in [0.2, 0.25) is 0 Å². The molecule has 8 heteroatoms. The van der Waals surface area contributed by atoms with Gasteiger partial charge in [-0.25, -0.2) is 8.42 Å². The number of amides is 1. The van der Waals surface area contributed by atoms with E-state index in [0.29, 0.717) is 11.3 Å². The van der Waals surface area contributed by atoms with Gasteiger partial charge in [0.2, 0.25) is 5.91 Å². The topological polar surface area (TPSA) is 75.7 Å². The molecule has 0 bridgehead atoms. The van der Waals surface area contributed by atoms with Gasteiger partial charge in [-0.2, -0.15) is 0 Å². The predicted octanol–water partition coefficient (Wildman–Crippen LogP) is 3.02. The van der Waals surface area contributed by atoms with Gasteiger partial charge in [0.25, 0.3) is 0 Å². The van der Waals surface area contributed by atoms with E-state index >= 15 is 0 Å². The fourth-order valence-electron chi connectivity index (χ4n) is 2.70. The molecule has 1 N–H and O–H groups in total. The molecular weight excluding hydrogens is 400 g/mol. The summed E-state index contributed by atoms with van der Waals surface area (Å²) in [5, 5.41) is 1.76. The first kappa shape index (κ1) is 22.0. The van der Waals surface area contributed by atoms with E-state index in [0.717, 1.165) is 5.69 Å². The van der Waals surface area contributed by atoms with E-state index < -0.39 is 15.1 Å². The van der Waals surface area contributed by atoms with Crippen molar-refractivity contribution in [2.24, 2.45) is 0 Å². The molecule has 6 nitrogen and oxygen atoms in total. The minimum atomic E-state index is -3.74. The molecule has 0 spiro atoms. The minimum absolute atomic E-state index is 0.0363. The zero-order valence-electron chi connectivity index (χ0n) is 16.2. The molecule has 1 atom stereocenters. The molecule has 0 aliphatic carbocycles. The van der Waals surface area contributed by atoms with Crippen molar-refractivity contribution in [1.82, 2.24) is 5.32 Å². The molecule has 2 aromatic rings. The molecule has 28 heavy (non-hydrogen) atoms. The molecule has 0 aliphatic rings. The highest BCUT2D eigenvalue weighted by molar-refractivity contribution is 7.91. The Morgan fingerprint density at radius 3 is 2.21 bits per heavy atom. The van der Waals surface area contributed by atoms with Gasteiger partial charge in [0.15, 0.2) is 9.84 Å². The Balaban J connectivity index is 2.39. The van der Waals surface area contributed by atoms with Crippen molar-refractivity contribution in [3.63, 3.8) is 0 Å². The molecule has 0 saturated carbocycles. The number of sulfone groups is 1. The van der Waals surface area contributed by atoms with Crippen LogP contribution in [0.15, 0.2) is 53.4 Å². The molecule has 152 valence electrons. The lowest BCUT2D eigenvalue weighted by atomic mass is 10.1. The Bertz CT molecular complexity index is 881. The molecule has 2 rings (SSSR count). The third kappa shape index (κ3) is 5.39. The zero-order valence-corrected chi connectivity index (χ0v) is 17.8. The van der Waals surface area contributed by atoms with Crippen molar-refractivity contribution in [3.8, 4) is 5.75 Å². The summed E-state index contributed by atoms with van der Waals surface area (Å²) in [4.78, 5) is 14.0. The summed E-state index contributed by atoms with van der Waals surface area (Å²) in [5.41, 5.74) is 1.56. The number of ether oxygens (including phenoxy) is 1. The molecular formula is C20H25ClN2O4S. The first-order valence-electron chi connectivity index (χ1n) is 8.77. The van der Waals surface area contributed by atoms with E-state index in [-0.39, 0.29) is 29.6 Å². The molecule has 0 saturated heterocycles. The van der Waals surface area contributed by atoms with Crippen LogP contribution < -0.4 is 15.0 Å². The summed E-state index contributed by atoms with van der Waals surface area (Å²) in [7, 11) is 1.60. The number of nitrogens with one attached hydrogen (secondary N) is 1. The summed E-state index contributed by atoms with van der Waals surface area (Å²) >= 11 is 5.59. The second-order valence-electron chi connectivity index (χ2n) is 6.44. The van der Waals surface area contributed by atoms with Crippen LogP contribution in [-0.4, -0.2) is 48.0 Å². The Hall–Kier alpha value is -2.25. The highest BCUT2D eigenvalue weighted by Gasteiger charge is 2.29. The summed E-state index contributed by atoms with van der Waals surface area (Å²) in [6.07, 6.45) is 0.135. The molecule has 0 aliphatic heterocycles. The first-order chi connectivity index (χ1) is 13.3. The second kappa shape index (κ2) is 9.80.